The van der Waals surface area contributed by atoms with Crippen molar-refractivity contribution < 1.29 is 9.21 Å². The first-order valence-corrected chi connectivity index (χ1v) is 6.30. The predicted molar refractivity (Wildman–Crippen MR) is 65.7 cm³/mol. The molecule has 1 amide bonds. The third-order valence-electron chi connectivity index (χ3n) is 3.44. The number of rotatable bonds is 4. The van der Waals surface area contributed by atoms with Gasteiger partial charge in [0.1, 0.15) is 5.76 Å². The predicted octanol–water partition coefficient (Wildman–Crippen LogP) is 1.70. The van der Waals surface area contributed by atoms with E-state index in [9.17, 15) is 4.79 Å². The summed E-state index contributed by atoms with van der Waals surface area (Å²) in [7, 11) is 0. The number of nitrogens with one attached hydrogen (secondary N) is 1. The maximum absolute atomic E-state index is 11.9. The summed E-state index contributed by atoms with van der Waals surface area (Å²) in [5.41, 5.74) is 6.51. The highest BCUT2D eigenvalue weighted by atomic mass is 16.3. The maximum Gasteiger partial charge on any atom is 0.254 e. The molecule has 0 bridgehead atoms. The van der Waals surface area contributed by atoms with Crippen LogP contribution >= 0.6 is 0 Å². The number of carbonyl (C=O) groups excluding carboxylic acids is 1. The zero-order chi connectivity index (χ0) is 12.3. The molecule has 1 aromatic heterocycles. The second kappa shape index (κ2) is 5.36. The summed E-state index contributed by atoms with van der Waals surface area (Å²) in [5.74, 6) is 1.26. The van der Waals surface area contributed by atoms with Crippen LogP contribution in [-0.2, 0) is 6.42 Å². The van der Waals surface area contributed by atoms with Gasteiger partial charge in [0.05, 0.1) is 11.8 Å². The molecule has 2 atom stereocenters. The van der Waals surface area contributed by atoms with Gasteiger partial charge in [-0.1, -0.05) is 6.92 Å². The zero-order valence-electron chi connectivity index (χ0n) is 10.2. The highest BCUT2D eigenvalue weighted by molar-refractivity contribution is 5.95. The largest absolute Gasteiger partial charge is 0.469 e. The molecule has 4 nitrogen and oxygen atoms in total. The van der Waals surface area contributed by atoms with Gasteiger partial charge in [-0.15, -0.1) is 0 Å². The molecule has 17 heavy (non-hydrogen) atoms. The molecule has 1 heterocycles. The standard InChI is InChI=1S/C13H20N2O2/c1-2-12-11(5-6-17-12)13(16)15-8-9-3-4-10(14)7-9/h5-6,9-10H,2-4,7-8,14H2,1H3,(H,15,16). The van der Waals surface area contributed by atoms with E-state index in [1.807, 2.05) is 6.92 Å². The Morgan fingerprint density at radius 3 is 3.06 bits per heavy atom. The first kappa shape index (κ1) is 12.2. The summed E-state index contributed by atoms with van der Waals surface area (Å²) in [6, 6.07) is 2.05. The Morgan fingerprint density at radius 2 is 2.41 bits per heavy atom. The summed E-state index contributed by atoms with van der Waals surface area (Å²) < 4.78 is 5.24. The van der Waals surface area contributed by atoms with Crippen molar-refractivity contribution in [1.82, 2.24) is 5.32 Å². The Hall–Kier alpha value is -1.29. The van der Waals surface area contributed by atoms with Crippen molar-refractivity contribution in [3.8, 4) is 0 Å². The summed E-state index contributed by atoms with van der Waals surface area (Å²) >= 11 is 0. The fourth-order valence-corrected chi connectivity index (χ4v) is 2.45. The number of hydrogen-bond donors (Lipinski definition) is 2. The lowest BCUT2D eigenvalue weighted by Crippen LogP contribution is -2.29. The molecule has 1 aliphatic rings. The van der Waals surface area contributed by atoms with Gasteiger partial charge in [0.15, 0.2) is 0 Å². The van der Waals surface area contributed by atoms with Crippen LogP contribution in [0.3, 0.4) is 0 Å². The van der Waals surface area contributed by atoms with E-state index < -0.39 is 0 Å². The van der Waals surface area contributed by atoms with Crippen molar-refractivity contribution in [2.45, 2.75) is 38.6 Å². The lowest BCUT2D eigenvalue weighted by atomic mass is 10.1. The highest BCUT2D eigenvalue weighted by Gasteiger charge is 2.22. The van der Waals surface area contributed by atoms with Crippen molar-refractivity contribution in [3.05, 3.63) is 23.7 Å². The molecule has 4 heteroatoms. The fourth-order valence-electron chi connectivity index (χ4n) is 2.45. The molecule has 0 aromatic carbocycles. The van der Waals surface area contributed by atoms with Gasteiger partial charge >= 0.3 is 0 Å². The van der Waals surface area contributed by atoms with E-state index in [0.717, 1.165) is 38.0 Å². The highest BCUT2D eigenvalue weighted by Crippen LogP contribution is 2.23. The summed E-state index contributed by atoms with van der Waals surface area (Å²) in [6.45, 7) is 2.70. The Labute approximate surface area is 102 Å². The molecule has 0 spiro atoms. The van der Waals surface area contributed by atoms with Crippen LogP contribution in [-0.4, -0.2) is 18.5 Å². The van der Waals surface area contributed by atoms with Gasteiger partial charge in [-0.3, -0.25) is 4.79 Å². The van der Waals surface area contributed by atoms with Crippen molar-refractivity contribution >= 4 is 5.91 Å². The van der Waals surface area contributed by atoms with Crippen molar-refractivity contribution in [2.24, 2.45) is 11.7 Å². The molecule has 1 aliphatic carbocycles. The monoisotopic (exact) mass is 236 g/mol. The molecular formula is C13H20N2O2. The second-order valence-corrected chi connectivity index (χ2v) is 4.76. The Balaban J connectivity index is 1.85. The van der Waals surface area contributed by atoms with Gasteiger partial charge in [0, 0.05) is 19.0 Å². The van der Waals surface area contributed by atoms with Crippen LogP contribution in [0.15, 0.2) is 16.7 Å². The fraction of sp³-hybridized carbons (Fsp3) is 0.615. The molecule has 0 radical (unpaired) electrons. The lowest BCUT2D eigenvalue weighted by molar-refractivity contribution is 0.0945. The number of aryl methyl sites for hydroxylation is 1. The first-order valence-electron chi connectivity index (χ1n) is 6.30. The SMILES string of the molecule is CCc1occc1C(=O)NCC1CCC(N)C1. The van der Waals surface area contributed by atoms with Gasteiger partial charge < -0.3 is 15.5 Å². The lowest BCUT2D eigenvalue weighted by Gasteiger charge is -2.10. The topological polar surface area (TPSA) is 68.3 Å². The summed E-state index contributed by atoms with van der Waals surface area (Å²) in [5, 5.41) is 2.97. The Morgan fingerprint density at radius 1 is 1.59 bits per heavy atom. The van der Waals surface area contributed by atoms with E-state index in [2.05, 4.69) is 5.32 Å². The molecular weight excluding hydrogens is 216 g/mol. The molecule has 0 aliphatic heterocycles. The maximum atomic E-state index is 11.9. The van der Waals surface area contributed by atoms with Crippen LogP contribution < -0.4 is 11.1 Å². The molecule has 0 saturated heterocycles. The van der Waals surface area contributed by atoms with Crippen molar-refractivity contribution in [3.63, 3.8) is 0 Å². The zero-order valence-corrected chi connectivity index (χ0v) is 10.2. The minimum atomic E-state index is -0.0314. The van der Waals surface area contributed by atoms with Crippen LogP contribution in [0.5, 0.6) is 0 Å². The second-order valence-electron chi connectivity index (χ2n) is 4.76. The average molecular weight is 236 g/mol. The Kier molecular flexibility index (Phi) is 3.84. The third kappa shape index (κ3) is 2.88. The quantitative estimate of drug-likeness (QED) is 0.836. The minimum Gasteiger partial charge on any atom is -0.469 e. The van der Waals surface area contributed by atoms with Crippen LogP contribution in [0.4, 0.5) is 0 Å². The van der Waals surface area contributed by atoms with Crippen LogP contribution in [0.1, 0.15) is 42.3 Å². The molecule has 2 unspecified atom stereocenters. The number of hydrogen-bond acceptors (Lipinski definition) is 3. The van der Waals surface area contributed by atoms with Crippen LogP contribution in [0, 0.1) is 5.92 Å². The minimum absolute atomic E-state index is 0.0314. The first-order chi connectivity index (χ1) is 8.20. The molecule has 2 rings (SSSR count). The smallest absolute Gasteiger partial charge is 0.254 e. The van der Waals surface area contributed by atoms with Gasteiger partial charge in [-0.25, -0.2) is 0 Å². The molecule has 1 fully saturated rings. The summed E-state index contributed by atoms with van der Waals surface area (Å²) in [6.07, 6.45) is 5.52. The van der Waals surface area contributed by atoms with E-state index in [4.69, 9.17) is 10.2 Å². The van der Waals surface area contributed by atoms with E-state index in [1.54, 1.807) is 12.3 Å². The Bertz CT molecular complexity index is 387. The van der Waals surface area contributed by atoms with Crippen LogP contribution in [0.25, 0.3) is 0 Å². The van der Waals surface area contributed by atoms with Gasteiger partial charge in [-0.05, 0) is 31.2 Å². The average Bonchev–Trinajstić information content (AvgIpc) is 2.94. The van der Waals surface area contributed by atoms with E-state index in [1.165, 1.54) is 0 Å². The van der Waals surface area contributed by atoms with E-state index >= 15 is 0 Å². The normalized spacial score (nSPS) is 23.9. The third-order valence-corrected chi connectivity index (χ3v) is 3.44. The molecule has 94 valence electrons. The van der Waals surface area contributed by atoms with Crippen molar-refractivity contribution in [1.29, 1.82) is 0 Å². The van der Waals surface area contributed by atoms with Crippen LogP contribution in [0.2, 0.25) is 0 Å². The van der Waals surface area contributed by atoms with Gasteiger partial charge in [0.25, 0.3) is 5.91 Å². The number of furan rings is 1. The number of carbonyl (C=O) groups is 1. The van der Waals surface area contributed by atoms with Gasteiger partial charge in [0.2, 0.25) is 0 Å². The summed E-state index contributed by atoms with van der Waals surface area (Å²) in [4.78, 5) is 11.9. The molecule has 1 saturated carbocycles. The van der Waals surface area contributed by atoms with E-state index in [0.29, 0.717) is 17.5 Å². The van der Waals surface area contributed by atoms with Gasteiger partial charge in [-0.2, -0.15) is 0 Å². The number of amides is 1. The van der Waals surface area contributed by atoms with Crippen molar-refractivity contribution in [2.75, 3.05) is 6.54 Å². The molecule has 3 N–H and O–H groups in total. The molecule has 1 aromatic rings. The van der Waals surface area contributed by atoms with E-state index in [-0.39, 0.29) is 5.91 Å². The number of nitrogens with two attached hydrogens (primary N) is 1.